The third-order valence-corrected chi connectivity index (χ3v) is 2.01. The van der Waals surface area contributed by atoms with Crippen LogP contribution in [0.15, 0.2) is 6.07 Å². The van der Waals surface area contributed by atoms with Gasteiger partial charge in [0.2, 0.25) is 0 Å². The molecule has 0 spiro atoms. The van der Waals surface area contributed by atoms with Crippen molar-refractivity contribution in [2.75, 3.05) is 0 Å². The van der Waals surface area contributed by atoms with Gasteiger partial charge in [0.1, 0.15) is 0 Å². The molecule has 1 aliphatic heterocycles. The number of nitrogens with zero attached hydrogens (tertiary/aromatic N) is 1. The minimum atomic E-state index is -1.19. The lowest BCUT2D eigenvalue weighted by Crippen LogP contribution is -2.14. The summed E-state index contributed by atoms with van der Waals surface area (Å²) in [5.74, 6) is -0.200. The molecule has 0 N–H and O–H groups in total. The van der Waals surface area contributed by atoms with E-state index in [9.17, 15) is 9.59 Å². The van der Waals surface area contributed by atoms with Crippen LogP contribution in [0.3, 0.4) is 0 Å². The van der Waals surface area contributed by atoms with Gasteiger partial charge >= 0.3 is 12.3 Å². The summed E-state index contributed by atoms with van der Waals surface area (Å²) in [6.45, 7) is 1.62. The Morgan fingerprint density at radius 1 is 1.20 bits per heavy atom. The lowest BCUT2D eigenvalue weighted by Gasteiger charge is -2.03. The molecule has 0 radical (unpaired) electrons. The number of aryl methyl sites for hydroxylation is 1. The van der Waals surface area contributed by atoms with Crippen LogP contribution in [0.25, 0.3) is 0 Å². The van der Waals surface area contributed by atoms with Gasteiger partial charge in [-0.2, -0.15) is 0 Å². The second-order valence-electron chi connectivity index (χ2n) is 2.67. The van der Waals surface area contributed by atoms with E-state index in [-0.39, 0.29) is 11.6 Å². The molecule has 1 aliphatic rings. The van der Waals surface area contributed by atoms with E-state index in [4.69, 9.17) is 11.6 Å². The number of ether oxygens (including phenoxy) is 3. The molecule has 7 heteroatoms. The van der Waals surface area contributed by atoms with Crippen LogP contribution in [-0.4, -0.2) is 17.3 Å². The Labute approximate surface area is 88.7 Å². The predicted molar refractivity (Wildman–Crippen MR) is 47.1 cm³/mol. The summed E-state index contributed by atoms with van der Waals surface area (Å²) in [7, 11) is 0. The Hall–Kier alpha value is -1.82. The van der Waals surface area contributed by atoms with Crippen LogP contribution in [0, 0.1) is 6.92 Å². The molecular formula is C8H4ClNO5. The Bertz CT molecular complexity index is 418. The zero-order valence-electron chi connectivity index (χ0n) is 7.44. The molecule has 1 aromatic rings. The summed E-state index contributed by atoms with van der Waals surface area (Å²) < 4.78 is 13.3. The SMILES string of the molecule is Cc1nc2c(cc1Cl)OC(=O)OC(=O)O2. The molecular weight excluding hydrogens is 226 g/mol. The van der Waals surface area contributed by atoms with Gasteiger partial charge in [0.15, 0.2) is 5.75 Å². The maximum atomic E-state index is 10.8. The Balaban J connectivity index is 2.51. The van der Waals surface area contributed by atoms with E-state index in [1.54, 1.807) is 6.92 Å². The summed E-state index contributed by atoms with van der Waals surface area (Å²) >= 11 is 5.75. The van der Waals surface area contributed by atoms with Gasteiger partial charge in [0.25, 0.3) is 5.88 Å². The molecule has 0 aromatic carbocycles. The van der Waals surface area contributed by atoms with E-state index < -0.39 is 12.3 Å². The van der Waals surface area contributed by atoms with E-state index in [0.717, 1.165) is 0 Å². The fraction of sp³-hybridized carbons (Fsp3) is 0.125. The number of cyclic esters (lactones) is 2. The fourth-order valence-electron chi connectivity index (χ4n) is 0.967. The van der Waals surface area contributed by atoms with Gasteiger partial charge in [-0.1, -0.05) is 11.6 Å². The van der Waals surface area contributed by atoms with E-state index in [2.05, 4.69) is 19.2 Å². The van der Waals surface area contributed by atoms with Crippen molar-refractivity contribution in [1.82, 2.24) is 4.98 Å². The van der Waals surface area contributed by atoms with Gasteiger partial charge in [0, 0.05) is 6.07 Å². The van der Waals surface area contributed by atoms with E-state index >= 15 is 0 Å². The van der Waals surface area contributed by atoms with Crippen molar-refractivity contribution in [3.63, 3.8) is 0 Å². The van der Waals surface area contributed by atoms with E-state index in [0.29, 0.717) is 10.7 Å². The molecule has 2 rings (SSSR count). The van der Waals surface area contributed by atoms with E-state index in [1.165, 1.54) is 6.07 Å². The lowest BCUT2D eigenvalue weighted by atomic mass is 10.3. The number of rotatable bonds is 0. The van der Waals surface area contributed by atoms with Crippen molar-refractivity contribution in [2.45, 2.75) is 6.92 Å². The highest BCUT2D eigenvalue weighted by atomic mass is 35.5. The number of fused-ring (bicyclic) bond motifs is 1. The molecule has 6 nitrogen and oxygen atoms in total. The average molecular weight is 230 g/mol. The standard InChI is InChI=1S/C8H4ClNO5/c1-3-4(9)2-5-6(10-3)14-8(12)15-7(11)13-5/h2H,1H3. The molecule has 78 valence electrons. The zero-order chi connectivity index (χ0) is 11.0. The molecule has 2 heterocycles. The molecule has 0 amide bonds. The first-order valence-electron chi connectivity index (χ1n) is 3.85. The van der Waals surface area contributed by atoms with Crippen molar-refractivity contribution in [3.8, 4) is 11.6 Å². The molecule has 0 atom stereocenters. The first-order valence-corrected chi connectivity index (χ1v) is 4.22. The maximum absolute atomic E-state index is 10.8. The Morgan fingerprint density at radius 3 is 2.60 bits per heavy atom. The smallest absolute Gasteiger partial charge is 0.389 e. The summed E-state index contributed by atoms with van der Waals surface area (Å²) in [5, 5.41) is 0.291. The molecule has 0 bridgehead atoms. The molecule has 0 unspecified atom stereocenters. The topological polar surface area (TPSA) is 74.7 Å². The van der Waals surface area contributed by atoms with Crippen LogP contribution >= 0.6 is 11.6 Å². The Kier molecular flexibility index (Phi) is 2.20. The molecule has 1 aromatic heterocycles. The quantitative estimate of drug-likeness (QED) is 0.501. The van der Waals surface area contributed by atoms with Crippen LogP contribution in [0.1, 0.15) is 5.69 Å². The van der Waals surface area contributed by atoms with Gasteiger partial charge in [-0.15, -0.1) is 0 Å². The van der Waals surface area contributed by atoms with Crippen molar-refractivity contribution in [2.24, 2.45) is 0 Å². The highest BCUT2D eigenvalue weighted by Gasteiger charge is 2.25. The minimum Gasteiger partial charge on any atom is -0.389 e. The largest absolute Gasteiger partial charge is 0.525 e. The minimum absolute atomic E-state index is 0.0542. The number of halogens is 1. The number of hydrogen-bond donors (Lipinski definition) is 0. The van der Waals surface area contributed by atoms with Crippen LogP contribution in [0.5, 0.6) is 11.6 Å². The highest BCUT2D eigenvalue weighted by molar-refractivity contribution is 6.31. The maximum Gasteiger partial charge on any atom is 0.525 e. The molecule has 0 saturated heterocycles. The number of aromatic nitrogens is 1. The summed E-state index contributed by atoms with van der Waals surface area (Å²) in [6, 6.07) is 1.32. The first-order chi connectivity index (χ1) is 7.06. The summed E-state index contributed by atoms with van der Waals surface area (Å²) in [4.78, 5) is 25.5. The third-order valence-electron chi connectivity index (χ3n) is 1.62. The lowest BCUT2D eigenvalue weighted by molar-refractivity contribution is 0.0993. The van der Waals surface area contributed by atoms with Crippen LogP contribution in [0.4, 0.5) is 9.59 Å². The van der Waals surface area contributed by atoms with Gasteiger partial charge in [-0.05, 0) is 6.92 Å². The third kappa shape index (κ3) is 1.84. The zero-order valence-corrected chi connectivity index (χ0v) is 8.20. The first kappa shape index (κ1) is 9.72. The summed E-state index contributed by atoms with van der Waals surface area (Å²) in [5.41, 5.74) is 0.446. The number of hydrogen-bond acceptors (Lipinski definition) is 6. The molecule has 0 fully saturated rings. The fourth-order valence-corrected chi connectivity index (χ4v) is 1.11. The predicted octanol–water partition coefficient (Wildman–Crippen LogP) is 2.07. The average Bonchev–Trinajstić information content (AvgIpc) is 2.24. The number of carbonyl (C=O) groups is 2. The van der Waals surface area contributed by atoms with Gasteiger partial charge < -0.3 is 14.2 Å². The van der Waals surface area contributed by atoms with Crippen molar-refractivity contribution < 1.29 is 23.8 Å². The Morgan fingerprint density at radius 2 is 1.87 bits per heavy atom. The van der Waals surface area contributed by atoms with Gasteiger partial charge in [0.05, 0.1) is 10.7 Å². The monoisotopic (exact) mass is 229 g/mol. The van der Waals surface area contributed by atoms with Crippen molar-refractivity contribution in [1.29, 1.82) is 0 Å². The van der Waals surface area contributed by atoms with Gasteiger partial charge in [-0.3, -0.25) is 0 Å². The highest BCUT2D eigenvalue weighted by Crippen LogP contribution is 2.31. The molecule has 15 heavy (non-hydrogen) atoms. The van der Waals surface area contributed by atoms with Crippen LogP contribution in [0.2, 0.25) is 5.02 Å². The molecule has 0 saturated carbocycles. The van der Waals surface area contributed by atoms with Crippen molar-refractivity contribution in [3.05, 3.63) is 16.8 Å². The summed E-state index contributed by atoms with van der Waals surface area (Å²) in [6.07, 6.45) is -2.37. The van der Waals surface area contributed by atoms with Crippen molar-refractivity contribution >= 4 is 23.9 Å². The van der Waals surface area contributed by atoms with Gasteiger partial charge in [-0.25, -0.2) is 14.6 Å². The van der Waals surface area contributed by atoms with E-state index in [1.807, 2.05) is 0 Å². The number of carbonyl (C=O) groups excluding carboxylic acids is 2. The second kappa shape index (κ2) is 3.39. The second-order valence-corrected chi connectivity index (χ2v) is 3.07. The van der Waals surface area contributed by atoms with Crippen LogP contribution < -0.4 is 9.47 Å². The number of pyridine rings is 1. The van der Waals surface area contributed by atoms with Crippen LogP contribution in [-0.2, 0) is 4.74 Å². The normalized spacial score (nSPS) is 14.5. The molecule has 0 aliphatic carbocycles.